The van der Waals surface area contributed by atoms with E-state index < -0.39 is 5.97 Å². The van der Waals surface area contributed by atoms with Crippen molar-refractivity contribution < 1.29 is 14.7 Å². The van der Waals surface area contributed by atoms with Crippen molar-refractivity contribution in [2.24, 2.45) is 5.92 Å². The number of amides is 1. The summed E-state index contributed by atoms with van der Waals surface area (Å²) in [6.07, 6.45) is 5.28. The van der Waals surface area contributed by atoms with E-state index in [-0.39, 0.29) is 11.8 Å². The van der Waals surface area contributed by atoms with E-state index in [4.69, 9.17) is 5.11 Å². The van der Waals surface area contributed by atoms with Crippen LogP contribution in [0.2, 0.25) is 0 Å². The summed E-state index contributed by atoms with van der Waals surface area (Å²) in [7, 11) is 1.83. The molecule has 0 aromatic heterocycles. The molecule has 110 valence electrons. The van der Waals surface area contributed by atoms with Gasteiger partial charge in [0.25, 0.3) is 0 Å². The molecule has 5 nitrogen and oxygen atoms in total. The van der Waals surface area contributed by atoms with Gasteiger partial charge >= 0.3 is 5.97 Å². The monoisotopic (exact) mass is 270 g/mol. The predicted molar refractivity (Wildman–Crippen MR) is 74.0 cm³/mol. The molecule has 0 aromatic rings. The molecule has 1 unspecified atom stereocenters. The van der Waals surface area contributed by atoms with Crippen LogP contribution in [-0.4, -0.2) is 60.0 Å². The van der Waals surface area contributed by atoms with Gasteiger partial charge in [-0.05, 0) is 19.4 Å². The average molecular weight is 270 g/mol. The molecule has 0 radical (unpaired) electrons. The molecule has 0 spiro atoms. The molecule has 1 rings (SSSR count). The van der Waals surface area contributed by atoms with Crippen molar-refractivity contribution in [1.82, 2.24) is 9.80 Å². The molecule has 1 saturated heterocycles. The minimum atomic E-state index is -0.747. The van der Waals surface area contributed by atoms with Gasteiger partial charge in [-0.3, -0.25) is 14.5 Å². The van der Waals surface area contributed by atoms with Crippen LogP contribution in [0.15, 0.2) is 0 Å². The third-order valence-corrected chi connectivity index (χ3v) is 3.75. The number of hydrogen-bond donors (Lipinski definition) is 1. The fraction of sp³-hybridized carbons (Fsp3) is 0.857. The van der Waals surface area contributed by atoms with Crippen LogP contribution in [0.25, 0.3) is 0 Å². The van der Waals surface area contributed by atoms with Crippen molar-refractivity contribution in [3.8, 4) is 0 Å². The lowest BCUT2D eigenvalue weighted by atomic mass is 10.1. The Labute approximate surface area is 115 Å². The second kappa shape index (κ2) is 8.15. The van der Waals surface area contributed by atoms with Gasteiger partial charge in [-0.15, -0.1) is 0 Å². The van der Waals surface area contributed by atoms with Crippen molar-refractivity contribution in [3.63, 3.8) is 0 Å². The van der Waals surface area contributed by atoms with Gasteiger partial charge in [-0.25, -0.2) is 0 Å². The van der Waals surface area contributed by atoms with E-state index in [1.165, 1.54) is 19.3 Å². The summed E-state index contributed by atoms with van der Waals surface area (Å²) in [5, 5.41) is 8.92. The zero-order valence-electron chi connectivity index (χ0n) is 12.1. The maximum atomic E-state index is 12.0. The van der Waals surface area contributed by atoms with Crippen LogP contribution in [0, 0.1) is 5.92 Å². The molecule has 5 heteroatoms. The molecule has 1 N–H and O–H groups in total. The van der Waals surface area contributed by atoms with Crippen molar-refractivity contribution >= 4 is 11.9 Å². The number of aliphatic carboxylic acids is 1. The Balaban J connectivity index is 2.21. The Kier molecular flexibility index (Phi) is 6.84. The molecule has 1 atom stereocenters. The van der Waals surface area contributed by atoms with Crippen molar-refractivity contribution in [2.45, 2.75) is 39.0 Å². The molecule has 19 heavy (non-hydrogen) atoms. The highest BCUT2D eigenvalue weighted by Gasteiger charge is 2.29. The molecule has 1 fully saturated rings. The van der Waals surface area contributed by atoms with Gasteiger partial charge < -0.3 is 10.0 Å². The first-order valence-electron chi connectivity index (χ1n) is 7.23. The third kappa shape index (κ3) is 5.59. The van der Waals surface area contributed by atoms with Crippen molar-refractivity contribution in [3.05, 3.63) is 0 Å². The number of carboxylic acids is 1. The van der Waals surface area contributed by atoms with Crippen LogP contribution in [0.1, 0.15) is 39.0 Å². The molecular formula is C14H26N2O3. The maximum Gasteiger partial charge on any atom is 0.307 e. The molecular weight excluding hydrogens is 244 g/mol. The summed E-state index contributed by atoms with van der Waals surface area (Å²) in [6.45, 7) is 4.54. The average Bonchev–Trinajstić information content (AvgIpc) is 2.83. The van der Waals surface area contributed by atoms with Crippen molar-refractivity contribution in [2.75, 3.05) is 33.2 Å². The first kappa shape index (κ1) is 16.0. The SMILES string of the molecule is CCCCCCN(C)C(=O)CN1CCC(C(=O)O)C1. The van der Waals surface area contributed by atoms with Gasteiger partial charge in [-0.2, -0.15) is 0 Å². The largest absolute Gasteiger partial charge is 0.481 e. The van der Waals surface area contributed by atoms with E-state index in [0.717, 1.165) is 13.0 Å². The summed E-state index contributed by atoms with van der Waals surface area (Å²) in [4.78, 5) is 26.5. The Morgan fingerprint density at radius 3 is 2.63 bits per heavy atom. The molecule has 0 bridgehead atoms. The van der Waals surface area contributed by atoms with E-state index in [9.17, 15) is 9.59 Å². The fourth-order valence-electron chi connectivity index (χ4n) is 2.39. The number of likely N-dealkylation sites (N-methyl/N-ethyl adjacent to an activating group) is 1. The smallest absolute Gasteiger partial charge is 0.307 e. The number of nitrogens with zero attached hydrogens (tertiary/aromatic N) is 2. The number of hydrogen-bond acceptors (Lipinski definition) is 3. The van der Waals surface area contributed by atoms with E-state index >= 15 is 0 Å². The summed E-state index contributed by atoms with van der Waals surface area (Å²) in [5.41, 5.74) is 0. The van der Waals surface area contributed by atoms with Crippen LogP contribution >= 0.6 is 0 Å². The Morgan fingerprint density at radius 2 is 2.05 bits per heavy atom. The lowest BCUT2D eigenvalue weighted by Gasteiger charge is -2.21. The minimum Gasteiger partial charge on any atom is -0.481 e. The Bertz CT molecular complexity index is 307. The number of unbranched alkanes of at least 4 members (excludes halogenated alkanes) is 3. The predicted octanol–water partition coefficient (Wildman–Crippen LogP) is 1.43. The highest BCUT2D eigenvalue weighted by atomic mass is 16.4. The normalized spacial score (nSPS) is 19.6. The number of carboxylic acid groups (broad SMARTS) is 1. The second-order valence-corrected chi connectivity index (χ2v) is 5.43. The number of carbonyl (C=O) groups is 2. The maximum absolute atomic E-state index is 12.0. The molecule has 0 saturated carbocycles. The van der Waals surface area contributed by atoms with Gasteiger partial charge in [0.15, 0.2) is 0 Å². The Morgan fingerprint density at radius 1 is 1.32 bits per heavy atom. The number of carbonyl (C=O) groups excluding carboxylic acids is 1. The molecule has 1 amide bonds. The molecule has 0 aromatic carbocycles. The highest BCUT2D eigenvalue weighted by molar-refractivity contribution is 5.78. The van der Waals surface area contributed by atoms with Gasteiger partial charge in [0, 0.05) is 20.1 Å². The van der Waals surface area contributed by atoms with E-state index in [2.05, 4.69) is 6.92 Å². The zero-order valence-corrected chi connectivity index (χ0v) is 12.1. The number of likely N-dealkylation sites (tertiary alicyclic amines) is 1. The fourth-order valence-corrected chi connectivity index (χ4v) is 2.39. The minimum absolute atomic E-state index is 0.0996. The number of rotatable bonds is 8. The first-order valence-corrected chi connectivity index (χ1v) is 7.23. The summed E-state index contributed by atoms with van der Waals surface area (Å²) in [5.74, 6) is -0.951. The van der Waals surface area contributed by atoms with Gasteiger partial charge in [-0.1, -0.05) is 26.2 Å². The summed E-state index contributed by atoms with van der Waals surface area (Å²) >= 11 is 0. The molecule has 1 aliphatic rings. The van der Waals surface area contributed by atoms with Gasteiger partial charge in [0.2, 0.25) is 5.91 Å². The molecule has 0 aliphatic carbocycles. The zero-order chi connectivity index (χ0) is 14.3. The van der Waals surface area contributed by atoms with Crippen LogP contribution in [0.3, 0.4) is 0 Å². The van der Waals surface area contributed by atoms with E-state index in [1.54, 1.807) is 4.90 Å². The third-order valence-electron chi connectivity index (χ3n) is 3.75. The summed E-state index contributed by atoms with van der Waals surface area (Å²) in [6, 6.07) is 0. The summed E-state index contributed by atoms with van der Waals surface area (Å²) < 4.78 is 0. The van der Waals surface area contributed by atoms with Gasteiger partial charge in [0.1, 0.15) is 0 Å². The Hall–Kier alpha value is -1.10. The van der Waals surface area contributed by atoms with Crippen LogP contribution in [0.5, 0.6) is 0 Å². The standard InChI is InChI=1S/C14H26N2O3/c1-3-4-5-6-8-15(2)13(17)11-16-9-7-12(10-16)14(18)19/h12H,3-11H2,1-2H3,(H,18,19). The van der Waals surface area contributed by atoms with Crippen LogP contribution < -0.4 is 0 Å². The second-order valence-electron chi connectivity index (χ2n) is 5.43. The lowest BCUT2D eigenvalue weighted by molar-refractivity contribution is -0.141. The topological polar surface area (TPSA) is 60.9 Å². The lowest BCUT2D eigenvalue weighted by Crippen LogP contribution is -2.38. The van der Waals surface area contributed by atoms with E-state index in [0.29, 0.717) is 26.1 Å². The quantitative estimate of drug-likeness (QED) is 0.678. The highest BCUT2D eigenvalue weighted by Crippen LogP contribution is 2.16. The molecule has 1 aliphatic heterocycles. The van der Waals surface area contributed by atoms with Crippen LogP contribution in [0.4, 0.5) is 0 Å². The van der Waals surface area contributed by atoms with Crippen molar-refractivity contribution in [1.29, 1.82) is 0 Å². The van der Waals surface area contributed by atoms with Crippen LogP contribution in [-0.2, 0) is 9.59 Å². The van der Waals surface area contributed by atoms with E-state index in [1.807, 2.05) is 11.9 Å². The van der Waals surface area contributed by atoms with Gasteiger partial charge in [0.05, 0.1) is 12.5 Å². The molecule has 1 heterocycles. The first-order chi connectivity index (χ1) is 9.04.